The fourth-order valence-corrected chi connectivity index (χ4v) is 1.40. The summed E-state index contributed by atoms with van der Waals surface area (Å²) >= 11 is 1.09. The quantitative estimate of drug-likeness (QED) is 0.703. The lowest BCUT2D eigenvalue weighted by molar-refractivity contribution is 0.0756. The number of carbonyl (C=O) groups is 1. The van der Waals surface area contributed by atoms with Gasteiger partial charge in [0.2, 0.25) is 5.91 Å². The largest absolute Gasteiger partial charge is 0.280 e. The summed E-state index contributed by atoms with van der Waals surface area (Å²) in [6, 6.07) is 3.65. The van der Waals surface area contributed by atoms with Gasteiger partial charge in [0.15, 0.2) is 0 Å². The van der Waals surface area contributed by atoms with E-state index in [9.17, 15) is 4.79 Å². The van der Waals surface area contributed by atoms with Gasteiger partial charge in [0.25, 0.3) is 0 Å². The molecular weight excluding hydrogens is 184 g/mol. The summed E-state index contributed by atoms with van der Waals surface area (Å²) in [4.78, 5) is 11.8. The Morgan fingerprint density at radius 1 is 1.54 bits per heavy atom. The van der Waals surface area contributed by atoms with E-state index in [0.29, 0.717) is 0 Å². The highest BCUT2D eigenvalue weighted by Crippen LogP contribution is 2.21. The molecule has 0 aromatic carbocycles. The number of rotatable bonds is 1. The summed E-state index contributed by atoms with van der Waals surface area (Å²) in [7, 11) is 0. The van der Waals surface area contributed by atoms with Crippen molar-refractivity contribution in [2.24, 2.45) is 10.6 Å². The van der Waals surface area contributed by atoms with E-state index in [4.69, 9.17) is 5.14 Å². The van der Waals surface area contributed by atoms with Gasteiger partial charge in [-0.2, -0.15) is 0 Å². The SMILES string of the molecule is CC(C)(C)C(=O)n1cccc1SN. The normalized spacial score (nSPS) is 11.7. The number of aromatic nitrogens is 1. The molecular formula is C9H14N2OS. The van der Waals surface area contributed by atoms with Crippen molar-refractivity contribution in [3.8, 4) is 0 Å². The van der Waals surface area contributed by atoms with Gasteiger partial charge in [-0.1, -0.05) is 20.8 Å². The van der Waals surface area contributed by atoms with Crippen LogP contribution in [0.1, 0.15) is 25.6 Å². The number of hydrogen-bond donors (Lipinski definition) is 1. The third-order valence-electron chi connectivity index (χ3n) is 1.69. The van der Waals surface area contributed by atoms with E-state index in [1.165, 1.54) is 0 Å². The molecule has 0 aliphatic rings. The van der Waals surface area contributed by atoms with Crippen molar-refractivity contribution in [2.75, 3.05) is 0 Å². The van der Waals surface area contributed by atoms with E-state index in [2.05, 4.69) is 0 Å². The lowest BCUT2D eigenvalue weighted by Gasteiger charge is -2.18. The highest BCUT2D eigenvalue weighted by Gasteiger charge is 2.24. The first-order valence-electron chi connectivity index (χ1n) is 4.05. The molecule has 1 aromatic heterocycles. The van der Waals surface area contributed by atoms with E-state index in [1.807, 2.05) is 32.9 Å². The van der Waals surface area contributed by atoms with Gasteiger partial charge in [-0.3, -0.25) is 14.5 Å². The minimum Gasteiger partial charge on any atom is -0.280 e. The molecule has 1 rings (SSSR count). The zero-order valence-electron chi connectivity index (χ0n) is 8.07. The first-order valence-corrected chi connectivity index (χ1v) is 4.93. The van der Waals surface area contributed by atoms with Crippen LogP contribution in [0, 0.1) is 5.41 Å². The second kappa shape index (κ2) is 3.55. The minimum atomic E-state index is -0.372. The van der Waals surface area contributed by atoms with Crippen LogP contribution in [0.3, 0.4) is 0 Å². The molecule has 0 radical (unpaired) electrons. The lowest BCUT2D eigenvalue weighted by Crippen LogP contribution is -2.26. The molecule has 0 spiro atoms. The van der Waals surface area contributed by atoms with Crippen LogP contribution in [-0.4, -0.2) is 10.5 Å². The second-order valence-corrected chi connectivity index (χ2v) is 4.54. The van der Waals surface area contributed by atoms with E-state index in [-0.39, 0.29) is 11.3 Å². The molecule has 0 saturated carbocycles. The summed E-state index contributed by atoms with van der Waals surface area (Å²) in [5, 5.41) is 6.20. The molecule has 0 atom stereocenters. The topological polar surface area (TPSA) is 48.0 Å². The van der Waals surface area contributed by atoms with Gasteiger partial charge in [-0.15, -0.1) is 0 Å². The maximum absolute atomic E-state index is 11.8. The summed E-state index contributed by atoms with van der Waals surface area (Å²) in [6.07, 6.45) is 1.74. The van der Waals surface area contributed by atoms with Crippen molar-refractivity contribution in [3.05, 3.63) is 18.3 Å². The van der Waals surface area contributed by atoms with Crippen molar-refractivity contribution >= 4 is 17.9 Å². The lowest BCUT2D eigenvalue weighted by atomic mass is 9.96. The monoisotopic (exact) mass is 198 g/mol. The van der Waals surface area contributed by atoms with Crippen molar-refractivity contribution in [1.29, 1.82) is 0 Å². The van der Waals surface area contributed by atoms with Crippen molar-refractivity contribution in [3.63, 3.8) is 0 Å². The average Bonchev–Trinajstić information content (AvgIpc) is 2.48. The Morgan fingerprint density at radius 3 is 2.62 bits per heavy atom. The van der Waals surface area contributed by atoms with E-state index in [1.54, 1.807) is 10.8 Å². The Balaban J connectivity index is 3.02. The molecule has 0 aliphatic carbocycles. The van der Waals surface area contributed by atoms with Crippen LogP contribution in [-0.2, 0) is 0 Å². The van der Waals surface area contributed by atoms with Gasteiger partial charge in [0, 0.05) is 11.6 Å². The van der Waals surface area contributed by atoms with Crippen molar-refractivity contribution < 1.29 is 4.79 Å². The Labute approximate surface area is 82.4 Å². The van der Waals surface area contributed by atoms with Crippen LogP contribution in [0.4, 0.5) is 0 Å². The third-order valence-corrected chi connectivity index (χ3v) is 2.27. The van der Waals surface area contributed by atoms with Gasteiger partial charge < -0.3 is 0 Å². The first-order chi connectivity index (χ1) is 5.96. The fourth-order valence-electron chi connectivity index (χ4n) is 0.990. The number of carbonyl (C=O) groups excluding carboxylic acids is 1. The maximum atomic E-state index is 11.8. The molecule has 0 saturated heterocycles. The highest BCUT2D eigenvalue weighted by atomic mass is 32.2. The van der Waals surface area contributed by atoms with Gasteiger partial charge in [0.1, 0.15) is 0 Å². The molecule has 4 heteroatoms. The fraction of sp³-hybridized carbons (Fsp3) is 0.444. The molecule has 0 amide bonds. The molecule has 0 aliphatic heterocycles. The number of nitrogens with two attached hydrogens (primary N) is 1. The van der Waals surface area contributed by atoms with E-state index >= 15 is 0 Å². The zero-order chi connectivity index (χ0) is 10.1. The van der Waals surface area contributed by atoms with Gasteiger partial charge in [-0.05, 0) is 24.1 Å². The first kappa shape index (κ1) is 10.3. The van der Waals surface area contributed by atoms with Crippen LogP contribution < -0.4 is 5.14 Å². The Bertz CT molecular complexity index is 312. The average molecular weight is 198 g/mol. The van der Waals surface area contributed by atoms with Gasteiger partial charge in [-0.25, -0.2) is 0 Å². The Morgan fingerprint density at radius 2 is 2.15 bits per heavy atom. The summed E-state index contributed by atoms with van der Waals surface area (Å²) in [5.74, 6) is 0.0606. The van der Waals surface area contributed by atoms with Gasteiger partial charge >= 0.3 is 0 Å². The van der Waals surface area contributed by atoms with Crippen LogP contribution in [0.25, 0.3) is 0 Å². The van der Waals surface area contributed by atoms with Crippen molar-refractivity contribution in [1.82, 2.24) is 4.57 Å². The third kappa shape index (κ3) is 2.14. The molecule has 13 heavy (non-hydrogen) atoms. The molecule has 1 heterocycles. The summed E-state index contributed by atoms with van der Waals surface area (Å²) < 4.78 is 1.59. The molecule has 1 aromatic rings. The van der Waals surface area contributed by atoms with Crippen LogP contribution in [0.15, 0.2) is 23.4 Å². The zero-order valence-corrected chi connectivity index (χ0v) is 8.89. The van der Waals surface area contributed by atoms with Crippen LogP contribution in [0.2, 0.25) is 0 Å². The van der Waals surface area contributed by atoms with E-state index in [0.717, 1.165) is 17.0 Å². The molecule has 72 valence electrons. The van der Waals surface area contributed by atoms with E-state index < -0.39 is 0 Å². The molecule has 3 nitrogen and oxygen atoms in total. The van der Waals surface area contributed by atoms with Crippen LogP contribution in [0.5, 0.6) is 0 Å². The minimum absolute atomic E-state index is 0.0606. The van der Waals surface area contributed by atoms with Gasteiger partial charge in [0.05, 0.1) is 5.03 Å². The summed E-state index contributed by atoms with van der Waals surface area (Å²) in [5.41, 5.74) is -0.372. The maximum Gasteiger partial charge on any atom is 0.236 e. The molecule has 2 N–H and O–H groups in total. The summed E-state index contributed by atoms with van der Waals surface area (Å²) in [6.45, 7) is 5.67. The molecule has 0 bridgehead atoms. The standard InChI is InChI=1S/C9H14N2OS/c1-9(2,3)8(12)11-6-4-5-7(11)13-10/h4-6H,10H2,1-3H3. The number of hydrogen-bond acceptors (Lipinski definition) is 3. The predicted octanol–water partition coefficient (Wildman–Crippen LogP) is 2.14. The molecule has 0 fully saturated rings. The number of nitrogens with zero attached hydrogens (tertiary/aromatic N) is 1. The highest BCUT2D eigenvalue weighted by molar-refractivity contribution is 7.97. The Hall–Kier alpha value is -0.740. The van der Waals surface area contributed by atoms with Crippen LogP contribution >= 0.6 is 11.9 Å². The van der Waals surface area contributed by atoms with Crippen molar-refractivity contribution in [2.45, 2.75) is 25.8 Å². The second-order valence-electron chi connectivity index (χ2n) is 3.89. The molecule has 0 unspecified atom stereocenters. The predicted molar refractivity (Wildman–Crippen MR) is 54.6 cm³/mol. The Kier molecular flexibility index (Phi) is 2.83. The smallest absolute Gasteiger partial charge is 0.236 e.